The van der Waals surface area contributed by atoms with Crippen LogP contribution in [-0.2, 0) is 16.1 Å². The predicted molar refractivity (Wildman–Crippen MR) is 91.0 cm³/mol. The Morgan fingerprint density at radius 1 is 1.62 bits per heavy atom. The number of anilines is 1. The fourth-order valence-corrected chi connectivity index (χ4v) is 3.86. The number of nitrogens with zero attached hydrogens (tertiary/aromatic N) is 4. The van der Waals surface area contributed by atoms with Crippen molar-refractivity contribution in [2.75, 3.05) is 32.1 Å². The molecule has 1 amide bonds. The molecule has 24 heavy (non-hydrogen) atoms. The lowest BCUT2D eigenvalue weighted by Crippen LogP contribution is -2.29. The van der Waals surface area contributed by atoms with Crippen molar-refractivity contribution in [3.63, 3.8) is 0 Å². The molecule has 1 fully saturated rings. The van der Waals surface area contributed by atoms with Crippen molar-refractivity contribution in [1.82, 2.24) is 14.8 Å². The zero-order chi connectivity index (χ0) is 16.9. The molecule has 2 atom stereocenters. The average Bonchev–Trinajstić information content (AvgIpc) is 3.30. The summed E-state index contributed by atoms with van der Waals surface area (Å²) >= 11 is 1.50. The maximum absolute atomic E-state index is 12.2. The van der Waals surface area contributed by atoms with Gasteiger partial charge >= 0.3 is 0 Å². The minimum Gasteiger partial charge on any atom is -0.383 e. The molecule has 8 heteroatoms. The Morgan fingerprint density at radius 3 is 3.25 bits per heavy atom. The van der Waals surface area contributed by atoms with Crippen LogP contribution in [-0.4, -0.2) is 53.5 Å². The van der Waals surface area contributed by atoms with E-state index in [2.05, 4.69) is 33.7 Å². The summed E-state index contributed by atoms with van der Waals surface area (Å²) in [5.74, 6) is -0.184. The number of methoxy groups -OCH3 is 1. The minimum atomic E-state index is -0.135. The molecule has 1 N–H and O–H groups in total. The van der Waals surface area contributed by atoms with Gasteiger partial charge in [0.05, 0.1) is 25.1 Å². The van der Waals surface area contributed by atoms with E-state index in [0.717, 1.165) is 24.3 Å². The van der Waals surface area contributed by atoms with Crippen molar-refractivity contribution in [3.05, 3.63) is 23.3 Å². The van der Waals surface area contributed by atoms with Crippen LogP contribution in [0.4, 0.5) is 5.13 Å². The Kier molecular flexibility index (Phi) is 5.33. The number of nitriles is 1. The van der Waals surface area contributed by atoms with Crippen molar-refractivity contribution in [2.45, 2.75) is 25.4 Å². The lowest BCUT2D eigenvalue weighted by Gasteiger charge is -2.24. The van der Waals surface area contributed by atoms with Gasteiger partial charge in [-0.2, -0.15) is 5.26 Å². The van der Waals surface area contributed by atoms with Crippen molar-refractivity contribution < 1.29 is 9.53 Å². The first-order valence-electron chi connectivity index (χ1n) is 8.01. The highest BCUT2D eigenvalue weighted by atomic mass is 32.1. The van der Waals surface area contributed by atoms with Crippen LogP contribution in [0.15, 0.2) is 18.5 Å². The van der Waals surface area contributed by atoms with E-state index in [1.54, 1.807) is 12.0 Å². The number of carbonyl (C=O) groups is 1. The summed E-state index contributed by atoms with van der Waals surface area (Å²) in [6, 6.07) is 0.366. The number of carbonyl (C=O) groups excluding carboxylic acids is 1. The smallest absolute Gasteiger partial charge is 0.231 e. The lowest BCUT2D eigenvalue weighted by atomic mass is 10.1. The van der Waals surface area contributed by atoms with Gasteiger partial charge < -0.3 is 19.9 Å². The van der Waals surface area contributed by atoms with Crippen LogP contribution in [0.3, 0.4) is 0 Å². The molecular weight excluding hydrogens is 326 g/mol. The van der Waals surface area contributed by atoms with Gasteiger partial charge in [0.25, 0.3) is 0 Å². The van der Waals surface area contributed by atoms with E-state index in [-0.39, 0.29) is 11.8 Å². The second-order valence-electron chi connectivity index (χ2n) is 6.05. The van der Waals surface area contributed by atoms with Gasteiger partial charge in [0.15, 0.2) is 11.3 Å². The van der Waals surface area contributed by atoms with Crippen molar-refractivity contribution in [2.24, 2.45) is 5.92 Å². The number of nitrogens with one attached hydrogen (secondary N) is 1. The number of aromatic nitrogens is 1. The summed E-state index contributed by atoms with van der Waals surface area (Å²) in [4.78, 5) is 21.5. The first-order chi connectivity index (χ1) is 11.7. The number of hydrogen-bond donors (Lipinski definition) is 1. The molecule has 0 spiro atoms. The molecule has 2 aliphatic rings. The molecule has 0 aliphatic carbocycles. The third-order valence-corrected chi connectivity index (χ3v) is 5.25. The Balaban J connectivity index is 1.53. The summed E-state index contributed by atoms with van der Waals surface area (Å²) in [6.07, 6.45) is 9.85. The Bertz CT molecular complexity index is 653. The second kappa shape index (κ2) is 7.64. The SMILES string of the molecule is COC[C@@H]1CC=CN1Cc1cnc(NC(=O)[C@H]2CCN(C#N)C2)s1. The highest BCUT2D eigenvalue weighted by Crippen LogP contribution is 2.25. The Morgan fingerprint density at radius 2 is 2.50 bits per heavy atom. The zero-order valence-electron chi connectivity index (χ0n) is 13.6. The Hall–Kier alpha value is -2.11. The molecule has 1 aromatic rings. The fourth-order valence-electron chi connectivity index (χ4n) is 3.04. The lowest BCUT2D eigenvalue weighted by molar-refractivity contribution is -0.119. The summed E-state index contributed by atoms with van der Waals surface area (Å²) in [5.41, 5.74) is 0. The third-order valence-electron chi connectivity index (χ3n) is 4.36. The van der Waals surface area contributed by atoms with Gasteiger partial charge in [-0.15, -0.1) is 0 Å². The van der Waals surface area contributed by atoms with Crippen molar-refractivity contribution in [3.8, 4) is 6.19 Å². The molecule has 3 heterocycles. The zero-order valence-corrected chi connectivity index (χ0v) is 14.5. The number of amides is 1. The molecule has 0 saturated carbocycles. The summed E-state index contributed by atoms with van der Waals surface area (Å²) in [5, 5.41) is 12.4. The van der Waals surface area contributed by atoms with Gasteiger partial charge in [0.2, 0.25) is 5.91 Å². The predicted octanol–water partition coefficient (Wildman–Crippen LogP) is 1.62. The van der Waals surface area contributed by atoms with E-state index in [4.69, 9.17) is 10.00 Å². The molecule has 0 aromatic carbocycles. The van der Waals surface area contributed by atoms with Gasteiger partial charge in [-0.05, 0) is 19.0 Å². The summed E-state index contributed by atoms with van der Waals surface area (Å²) in [6.45, 7) is 2.62. The number of rotatable bonds is 6. The number of ether oxygens (including phenoxy) is 1. The second-order valence-corrected chi connectivity index (χ2v) is 7.17. The van der Waals surface area contributed by atoms with Crippen LogP contribution in [0.5, 0.6) is 0 Å². The van der Waals surface area contributed by atoms with E-state index in [9.17, 15) is 4.79 Å². The molecule has 0 radical (unpaired) electrons. The normalized spacial score (nSPS) is 22.8. The van der Waals surface area contributed by atoms with Crippen molar-refractivity contribution in [1.29, 1.82) is 5.26 Å². The molecule has 0 unspecified atom stereocenters. The molecule has 7 nitrogen and oxygen atoms in total. The number of likely N-dealkylation sites (tertiary alicyclic amines) is 1. The first-order valence-corrected chi connectivity index (χ1v) is 8.83. The molecular formula is C16H21N5O2S. The van der Waals surface area contributed by atoms with Gasteiger partial charge in [0, 0.05) is 31.3 Å². The maximum atomic E-state index is 12.2. The summed E-state index contributed by atoms with van der Waals surface area (Å²) in [7, 11) is 1.72. The molecule has 2 aliphatic heterocycles. The van der Waals surface area contributed by atoms with Crippen LogP contribution in [0.2, 0.25) is 0 Å². The quantitative estimate of drug-likeness (QED) is 0.788. The molecule has 0 bridgehead atoms. The highest BCUT2D eigenvalue weighted by Gasteiger charge is 2.28. The van der Waals surface area contributed by atoms with E-state index in [1.165, 1.54) is 11.3 Å². The molecule has 128 valence electrons. The van der Waals surface area contributed by atoms with E-state index < -0.39 is 0 Å². The van der Waals surface area contributed by atoms with Gasteiger partial charge in [-0.3, -0.25) is 4.79 Å². The van der Waals surface area contributed by atoms with Gasteiger partial charge in [0.1, 0.15) is 0 Å². The largest absolute Gasteiger partial charge is 0.383 e. The van der Waals surface area contributed by atoms with Crippen LogP contribution >= 0.6 is 11.3 Å². The van der Waals surface area contributed by atoms with Crippen LogP contribution < -0.4 is 5.32 Å². The van der Waals surface area contributed by atoms with Crippen molar-refractivity contribution >= 4 is 22.4 Å². The first kappa shape index (κ1) is 16.7. The topological polar surface area (TPSA) is 81.5 Å². The van der Waals surface area contributed by atoms with E-state index in [0.29, 0.717) is 30.9 Å². The van der Waals surface area contributed by atoms with E-state index >= 15 is 0 Å². The monoisotopic (exact) mass is 347 g/mol. The fraction of sp³-hybridized carbons (Fsp3) is 0.562. The number of hydrogen-bond acceptors (Lipinski definition) is 7. The molecule has 3 rings (SSSR count). The molecule has 1 aromatic heterocycles. The van der Waals surface area contributed by atoms with Crippen LogP contribution in [0.25, 0.3) is 0 Å². The minimum absolute atomic E-state index is 0.0491. The Labute approximate surface area is 145 Å². The van der Waals surface area contributed by atoms with Crippen LogP contribution in [0, 0.1) is 17.4 Å². The standard InChI is InChI=1S/C16H21N5O2S/c1-23-10-13-3-2-5-21(13)9-14-7-18-16(24-14)19-15(22)12-4-6-20(8-12)11-17/h2,5,7,12-13H,3-4,6,8-10H2,1H3,(H,18,19,22)/t12-,13-/m0/s1. The molecule has 1 saturated heterocycles. The maximum Gasteiger partial charge on any atom is 0.231 e. The van der Waals surface area contributed by atoms with Crippen LogP contribution in [0.1, 0.15) is 17.7 Å². The third kappa shape index (κ3) is 3.86. The highest BCUT2D eigenvalue weighted by molar-refractivity contribution is 7.15. The average molecular weight is 347 g/mol. The van der Waals surface area contributed by atoms with Gasteiger partial charge in [-0.1, -0.05) is 17.4 Å². The van der Waals surface area contributed by atoms with E-state index in [1.807, 2.05) is 6.20 Å². The summed E-state index contributed by atoms with van der Waals surface area (Å²) < 4.78 is 5.25. The number of thiazole rings is 1. The van der Waals surface area contributed by atoms with Gasteiger partial charge in [-0.25, -0.2) is 4.98 Å².